The van der Waals surface area contributed by atoms with Gasteiger partial charge in [-0.3, -0.25) is 0 Å². The van der Waals surface area contributed by atoms with Gasteiger partial charge in [0.05, 0.1) is 0 Å². The zero-order valence-corrected chi connectivity index (χ0v) is 21.4. The average molecular weight is 583 g/mol. The summed E-state index contributed by atoms with van der Waals surface area (Å²) < 4.78 is 0.300. The standard InChI is InChI=1S/C26H21.2ClH.Hf/c1-2-7-18-16-20-9-5-11-24(26(20)17-18)23-13-6-12-22-21-10-4-3-8-19(21)14-15-25(22)23;;;/h3-6,8-17H,2,7H2,1H3;2*1H;/q;;;+2/p-2. The molecular weight excluding hydrogens is 562 g/mol. The molecule has 0 nitrogen and oxygen atoms in total. The Morgan fingerprint density at radius 2 is 1.52 bits per heavy atom. The van der Waals surface area contributed by atoms with Crippen LogP contribution in [-0.4, -0.2) is 0 Å². The van der Waals surface area contributed by atoms with Gasteiger partial charge in [-0.15, -0.1) is 0 Å². The van der Waals surface area contributed by atoms with E-state index in [0.717, 1.165) is 12.8 Å². The fraction of sp³-hybridized carbons (Fsp3) is 0.154. The fourth-order valence-electron chi connectivity index (χ4n) is 4.74. The van der Waals surface area contributed by atoms with Gasteiger partial charge in [0.1, 0.15) is 0 Å². The van der Waals surface area contributed by atoms with Crippen LogP contribution < -0.4 is 0 Å². The van der Waals surface area contributed by atoms with E-state index in [1.165, 1.54) is 49.4 Å². The van der Waals surface area contributed by atoms with E-state index in [4.69, 9.17) is 17.2 Å². The average Bonchev–Trinajstić information content (AvgIpc) is 3.12. The molecule has 0 fully saturated rings. The van der Waals surface area contributed by atoms with Gasteiger partial charge in [-0.25, -0.2) is 0 Å². The molecule has 0 heterocycles. The van der Waals surface area contributed by atoms with Gasteiger partial charge in [-0.05, 0) is 0 Å². The molecule has 1 atom stereocenters. The van der Waals surface area contributed by atoms with E-state index in [2.05, 4.69) is 85.8 Å². The summed E-state index contributed by atoms with van der Waals surface area (Å²) in [6.07, 6.45) is 4.58. The number of hydrogen-bond donors (Lipinski definition) is 0. The molecule has 0 aliphatic heterocycles. The van der Waals surface area contributed by atoms with Gasteiger partial charge >= 0.3 is 188 Å². The maximum atomic E-state index is 6.64. The Bertz CT molecular complexity index is 1260. The molecule has 0 saturated carbocycles. The van der Waals surface area contributed by atoms with Crippen LogP contribution in [0.4, 0.5) is 0 Å². The molecule has 0 spiro atoms. The number of hydrogen-bond acceptors (Lipinski definition) is 0. The zero-order valence-electron chi connectivity index (χ0n) is 16.3. The molecule has 4 aromatic rings. The third-order valence-electron chi connectivity index (χ3n) is 5.99. The molecule has 0 radical (unpaired) electrons. The predicted octanol–water partition coefficient (Wildman–Crippen LogP) is 8.82. The summed E-state index contributed by atoms with van der Waals surface area (Å²) in [5.74, 6) is 0. The summed E-state index contributed by atoms with van der Waals surface area (Å²) in [6, 6.07) is 26.4. The van der Waals surface area contributed by atoms with Crippen LogP contribution in [-0.2, 0) is 19.1 Å². The van der Waals surface area contributed by atoms with E-state index in [1.807, 2.05) is 0 Å². The quantitative estimate of drug-likeness (QED) is 0.167. The summed E-state index contributed by atoms with van der Waals surface area (Å²) in [7, 11) is 13.3. The van der Waals surface area contributed by atoms with Crippen LogP contribution in [0.25, 0.3) is 38.7 Å². The summed E-state index contributed by atoms with van der Waals surface area (Å²) in [6.45, 7) is 2.23. The van der Waals surface area contributed by atoms with E-state index < -0.39 is 19.1 Å². The van der Waals surface area contributed by atoms with E-state index in [-0.39, 0.29) is 0 Å². The normalized spacial score (nSPS) is 15.6. The fourth-order valence-corrected chi connectivity index (χ4v) is 12.5. The van der Waals surface area contributed by atoms with Crippen molar-refractivity contribution < 1.29 is 19.1 Å². The summed E-state index contributed by atoms with van der Waals surface area (Å²) in [5, 5.41) is 5.18. The van der Waals surface area contributed by atoms with E-state index in [1.54, 1.807) is 0 Å². The predicted molar refractivity (Wildman–Crippen MR) is 124 cm³/mol. The van der Waals surface area contributed by atoms with Gasteiger partial charge in [-0.1, -0.05) is 0 Å². The van der Waals surface area contributed by atoms with Crippen LogP contribution >= 0.6 is 17.2 Å². The summed E-state index contributed by atoms with van der Waals surface area (Å²) in [5.41, 5.74) is 6.68. The molecule has 1 aliphatic rings. The van der Waals surface area contributed by atoms with Gasteiger partial charge in [-0.2, -0.15) is 0 Å². The van der Waals surface area contributed by atoms with E-state index in [0.29, 0.717) is 3.67 Å². The Hall–Kier alpha value is -1.41. The number of allylic oxidation sites excluding steroid dienone is 1. The van der Waals surface area contributed by atoms with Gasteiger partial charge in [0.15, 0.2) is 0 Å². The first kappa shape index (κ1) is 19.5. The first-order chi connectivity index (χ1) is 14.2. The van der Waals surface area contributed by atoms with Crippen molar-refractivity contribution in [3.63, 3.8) is 0 Å². The molecule has 3 heteroatoms. The Morgan fingerprint density at radius 3 is 2.34 bits per heavy atom. The van der Waals surface area contributed by atoms with Gasteiger partial charge in [0.25, 0.3) is 0 Å². The summed E-state index contributed by atoms with van der Waals surface area (Å²) in [4.78, 5) is 0. The van der Waals surface area contributed by atoms with Crippen LogP contribution in [0.1, 0.15) is 34.6 Å². The van der Waals surface area contributed by atoms with Crippen LogP contribution in [0.5, 0.6) is 0 Å². The molecule has 0 amide bonds. The van der Waals surface area contributed by atoms with Crippen LogP contribution in [0.15, 0.2) is 78.4 Å². The van der Waals surface area contributed by atoms with Crippen LogP contribution in [0.2, 0.25) is 0 Å². The van der Waals surface area contributed by atoms with Gasteiger partial charge in [0.2, 0.25) is 0 Å². The molecule has 0 bridgehead atoms. The minimum absolute atomic E-state index is 0.300. The zero-order chi connectivity index (χ0) is 20.0. The molecule has 143 valence electrons. The molecule has 5 rings (SSSR count). The number of rotatable bonds is 4. The Balaban J connectivity index is 1.77. The molecule has 1 unspecified atom stereocenters. The first-order valence-electron chi connectivity index (χ1n) is 10.1. The van der Waals surface area contributed by atoms with E-state index in [9.17, 15) is 0 Å². The molecule has 0 aromatic heterocycles. The van der Waals surface area contributed by atoms with Crippen molar-refractivity contribution in [1.82, 2.24) is 0 Å². The van der Waals surface area contributed by atoms with Crippen molar-refractivity contribution in [2.75, 3.05) is 0 Å². The Labute approximate surface area is 186 Å². The summed E-state index contributed by atoms with van der Waals surface area (Å²) >= 11 is -2.64. The molecule has 0 N–H and O–H groups in total. The minimum atomic E-state index is -2.64. The van der Waals surface area contributed by atoms with Gasteiger partial charge in [0, 0.05) is 0 Å². The van der Waals surface area contributed by atoms with Crippen molar-refractivity contribution in [2.45, 2.75) is 23.4 Å². The SMILES string of the molecule is CCCC1=Cc2c(-c3cccc4c3ccc3ccccc34)cccc2[CH]1[Hf]([Cl])[Cl]. The molecule has 0 saturated heterocycles. The topological polar surface area (TPSA) is 0 Å². The molecular formula is C26H21Cl2Hf. The molecule has 4 aromatic carbocycles. The van der Waals surface area contributed by atoms with Crippen molar-refractivity contribution in [3.05, 3.63) is 89.5 Å². The maximum absolute atomic E-state index is 6.64. The second kappa shape index (κ2) is 8.02. The molecule has 29 heavy (non-hydrogen) atoms. The van der Waals surface area contributed by atoms with Crippen molar-refractivity contribution in [1.29, 1.82) is 0 Å². The van der Waals surface area contributed by atoms with Crippen molar-refractivity contribution in [3.8, 4) is 11.1 Å². The van der Waals surface area contributed by atoms with Crippen LogP contribution in [0.3, 0.4) is 0 Å². The van der Waals surface area contributed by atoms with E-state index >= 15 is 0 Å². The van der Waals surface area contributed by atoms with Crippen LogP contribution in [0, 0.1) is 0 Å². The third-order valence-corrected chi connectivity index (χ3v) is 13.6. The molecule has 1 aliphatic carbocycles. The third kappa shape index (κ3) is 3.32. The van der Waals surface area contributed by atoms with Crippen molar-refractivity contribution >= 4 is 44.8 Å². The first-order valence-corrected chi connectivity index (χ1v) is 21.1. The Morgan fingerprint density at radius 1 is 0.759 bits per heavy atom. The van der Waals surface area contributed by atoms with Gasteiger partial charge < -0.3 is 0 Å². The second-order valence-corrected chi connectivity index (χ2v) is 20.1. The van der Waals surface area contributed by atoms with Crippen molar-refractivity contribution in [2.24, 2.45) is 0 Å². The number of fused-ring (bicyclic) bond motifs is 4. The second-order valence-electron chi connectivity index (χ2n) is 7.69. The number of benzene rings is 4. The Kier molecular flexibility index (Phi) is 5.41. The monoisotopic (exact) mass is 583 g/mol. The number of halogens is 2.